The van der Waals surface area contributed by atoms with Crippen molar-refractivity contribution in [2.24, 2.45) is 0 Å². The van der Waals surface area contributed by atoms with Crippen LogP contribution >= 0.6 is 11.6 Å². The third kappa shape index (κ3) is 4.28. The summed E-state index contributed by atoms with van der Waals surface area (Å²) in [5.74, 6) is 0.562. The molecule has 2 heterocycles. The van der Waals surface area contributed by atoms with Crippen LogP contribution in [0, 0.1) is 6.92 Å². The Morgan fingerprint density at radius 1 is 1.48 bits per heavy atom. The molecule has 21 heavy (non-hydrogen) atoms. The molecule has 116 valence electrons. The average Bonchev–Trinajstić information content (AvgIpc) is 2.35. The summed E-state index contributed by atoms with van der Waals surface area (Å²) in [4.78, 5) is 22.4. The molecule has 1 aliphatic heterocycles. The summed E-state index contributed by atoms with van der Waals surface area (Å²) in [6, 6.07) is 1.35. The van der Waals surface area contributed by atoms with Crippen LogP contribution < -0.4 is 0 Å². The van der Waals surface area contributed by atoms with Gasteiger partial charge in [0, 0.05) is 6.54 Å². The summed E-state index contributed by atoms with van der Waals surface area (Å²) in [5.41, 5.74) is 0.122. The van der Waals surface area contributed by atoms with Crippen LogP contribution in [0.2, 0.25) is 5.15 Å². The highest BCUT2D eigenvalue weighted by Crippen LogP contribution is 2.26. The van der Waals surface area contributed by atoms with Gasteiger partial charge in [0.2, 0.25) is 0 Å². The van der Waals surface area contributed by atoms with E-state index in [4.69, 9.17) is 21.1 Å². The number of rotatable bonds is 1. The maximum atomic E-state index is 12.3. The Morgan fingerprint density at radius 3 is 2.81 bits per heavy atom. The normalized spacial score (nSPS) is 19.5. The molecule has 7 heteroatoms. The van der Waals surface area contributed by atoms with Crippen molar-refractivity contribution in [2.45, 2.75) is 39.3 Å². The van der Waals surface area contributed by atoms with Gasteiger partial charge < -0.3 is 9.47 Å². The van der Waals surface area contributed by atoms with E-state index in [-0.39, 0.29) is 12.1 Å². The zero-order valence-corrected chi connectivity index (χ0v) is 13.5. The number of carbonyl (C=O) groups is 1. The number of hydrogen-bond acceptors (Lipinski definition) is 5. The maximum Gasteiger partial charge on any atom is 0.411 e. The number of ether oxygens (including phenoxy) is 2. The highest BCUT2D eigenvalue weighted by molar-refractivity contribution is 6.29. The summed E-state index contributed by atoms with van der Waals surface area (Å²) >= 11 is 5.98. The smallest absolute Gasteiger partial charge is 0.411 e. The van der Waals surface area contributed by atoms with Gasteiger partial charge in [-0.25, -0.2) is 14.8 Å². The first-order valence-corrected chi connectivity index (χ1v) is 7.22. The Morgan fingerprint density at radius 2 is 2.19 bits per heavy atom. The maximum absolute atomic E-state index is 12.3. The Hall–Kier alpha value is -1.40. The van der Waals surface area contributed by atoms with Crippen molar-refractivity contribution < 1.29 is 14.3 Å². The first kappa shape index (κ1) is 16.0. The van der Waals surface area contributed by atoms with Crippen LogP contribution in [-0.2, 0) is 9.47 Å². The average molecular weight is 314 g/mol. The van der Waals surface area contributed by atoms with E-state index in [0.717, 1.165) is 0 Å². The van der Waals surface area contributed by atoms with E-state index in [9.17, 15) is 4.79 Å². The van der Waals surface area contributed by atoms with Crippen molar-refractivity contribution in [1.29, 1.82) is 0 Å². The Bertz CT molecular complexity index is 510. The Kier molecular flexibility index (Phi) is 4.68. The second-order valence-electron chi connectivity index (χ2n) is 5.93. The monoisotopic (exact) mass is 313 g/mol. The number of amides is 1. The molecule has 0 spiro atoms. The van der Waals surface area contributed by atoms with Gasteiger partial charge in [-0.15, -0.1) is 0 Å². The quantitative estimate of drug-likeness (QED) is 0.746. The lowest BCUT2D eigenvalue weighted by molar-refractivity contribution is -0.0341. The summed E-state index contributed by atoms with van der Waals surface area (Å²) < 4.78 is 10.9. The number of hydrogen-bond donors (Lipinski definition) is 0. The molecule has 0 bridgehead atoms. The van der Waals surface area contributed by atoms with Gasteiger partial charge in [0.05, 0.1) is 18.9 Å². The van der Waals surface area contributed by atoms with E-state index in [1.165, 1.54) is 0 Å². The van der Waals surface area contributed by atoms with Gasteiger partial charge in [-0.05, 0) is 33.8 Å². The highest BCUT2D eigenvalue weighted by Gasteiger charge is 2.33. The number of carbonyl (C=O) groups excluding carboxylic acids is 1. The van der Waals surface area contributed by atoms with Crippen molar-refractivity contribution in [3.63, 3.8) is 0 Å². The van der Waals surface area contributed by atoms with Crippen LogP contribution in [0.4, 0.5) is 4.79 Å². The summed E-state index contributed by atoms with van der Waals surface area (Å²) in [5, 5.41) is 0.354. The number of halogens is 1. The number of aryl methyl sites for hydroxylation is 1. The molecular weight excluding hydrogens is 294 g/mol. The molecule has 0 saturated carbocycles. The van der Waals surface area contributed by atoms with Crippen LogP contribution in [0.1, 0.15) is 38.3 Å². The van der Waals surface area contributed by atoms with Crippen LogP contribution in [0.3, 0.4) is 0 Å². The Labute approximate surface area is 129 Å². The van der Waals surface area contributed by atoms with Gasteiger partial charge in [0.1, 0.15) is 22.6 Å². The first-order valence-electron chi connectivity index (χ1n) is 6.85. The molecule has 1 atom stereocenters. The lowest BCUT2D eigenvalue weighted by Gasteiger charge is -2.36. The minimum absolute atomic E-state index is 0.312. The van der Waals surface area contributed by atoms with Gasteiger partial charge in [-0.3, -0.25) is 4.90 Å². The lowest BCUT2D eigenvalue weighted by atomic mass is 10.1. The second kappa shape index (κ2) is 6.15. The van der Waals surface area contributed by atoms with Gasteiger partial charge in [-0.1, -0.05) is 11.6 Å². The topological polar surface area (TPSA) is 64.5 Å². The standard InChI is InChI=1S/C14H20ClN3O3/c1-9-16-10(7-12(15)17-9)11-8-20-6-5-18(11)13(19)21-14(2,3)4/h7,11H,5-6,8H2,1-4H3. The molecule has 1 fully saturated rings. The predicted molar refractivity (Wildman–Crippen MR) is 78.3 cm³/mol. The molecular formula is C14H20ClN3O3. The third-order valence-electron chi connectivity index (χ3n) is 2.92. The third-order valence-corrected chi connectivity index (χ3v) is 3.12. The van der Waals surface area contributed by atoms with Crippen molar-refractivity contribution in [2.75, 3.05) is 19.8 Å². The van der Waals surface area contributed by atoms with Gasteiger partial charge >= 0.3 is 6.09 Å². The largest absolute Gasteiger partial charge is 0.444 e. The first-order chi connectivity index (χ1) is 9.76. The molecule has 1 aliphatic rings. The zero-order valence-electron chi connectivity index (χ0n) is 12.7. The molecule has 1 amide bonds. The molecule has 0 aliphatic carbocycles. The molecule has 0 radical (unpaired) electrons. The minimum Gasteiger partial charge on any atom is -0.444 e. The van der Waals surface area contributed by atoms with E-state index in [0.29, 0.717) is 36.4 Å². The van der Waals surface area contributed by atoms with Crippen LogP contribution in [0.25, 0.3) is 0 Å². The van der Waals surface area contributed by atoms with E-state index in [2.05, 4.69) is 9.97 Å². The highest BCUT2D eigenvalue weighted by atomic mass is 35.5. The van der Waals surface area contributed by atoms with E-state index in [1.54, 1.807) is 17.9 Å². The van der Waals surface area contributed by atoms with Gasteiger partial charge in [-0.2, -0.15) is 0 Å². The minimum atomic E-state index is -0.542. The molecule has 1 saturated heterocycles. The van der Waals surface area contributed by atoms with Gasteiger partial charge in [0.25, 0.3) is 0 Å². The van der Waals surface area contributed by atoms with Crippen molar-refractivity contribution in [3.8, 4) is 0 Å². The summed E-state index contributed by atoms with van der Waals surface area (Å²) in [7, 11) is 0. The molecule has 1 unspecified atom stereocenters. The van der Waals surface area contributed by atoms with Crippen molar-refractivity contribution in [1.82, 2.24) is 14.9 Å². The predicted octanol–water partition coefficient (Wildman–Crippen LogP) is 2.75. The SMILES string of the molecule is Cc1nc(Cl)cc(C2COCCN2C(=O)OC(C)(C)C)n1. The van der Waals surface area contributed by atoms with Crippen molar-refractivity contribution in [3.05, 3.63) is 22.7 Å². The van der Waals surface area contributed by atoms with E-state index >= 15 is 0 Å². The fraction of sp³-hybridized carbons (Fsp3) is 0.643. The zero-order chi connectivity index (χ0) is 15.6. The van der Waals surface area contributed by atoms with Gasteiger partial charge in [0.15, 0.2) is 0 Å². The number of nitrogens with zero attached hydrogens (tertiary/aromatic N) is 3. The van der Waals surface area contributed by atoms with Crippen LogP contribution in [-0.4, -0.2) is 46.3 Å². The number of morpholine rings is 1. The van der Waals surface area contributed by atoms with Crippen LogP contribution in [0.15, 0.2) is 6.07 Å². The summed E-state index contributed by atoms with van der Waals surface area (Å²) in [6.07, 6.45) is -0.372. The van der Waals surface area contributed by atoms with Crippen molar-refractivity contribution >= 4 is 17.7 Å². The fourth-order valence-electron chi connectivity index (χ4n) is 2.11. The lowest BCUT2D eigenvalue weighted by Crippen LogP contribution is -2.46. The molecule has 6 nitrogen and oxygen atoms in total. The Balaban J connectivity index is 2.24. The fourth-order valence-corrected chi connectivity index (χ4v) is 2.35. The molecule has 1 aromatic heterocycles. The molecule has 0 N–H and O–H groups in total. The van der Waals surface area contributed by atoms with E-state index < -0.39 is 5.60 Å². The van der Waals surface area contributed by atoms with E-state index in [1.807, 2.05) is 20.8 Å². The molecule has 2 rings (SSSR count). The number of aromatic nitrogens is 2. The summed E-state index contributed by atoms with van der Waals surface area (Å²) in [6.45, 7) is 8.58. The molecule has 1 aromatic rings. The molecule has 0 aromatic carbocycles. The van der Waals surface area contributed by atoms with Crippen LogP contribution in [0.5, 0.6) is 0 Å². The second-order valence-corrected chi connectivity index (χ2v) is 6.31.